The molecule has 4 heteroatoms. The van der Waals surface area contributed by atoms with Crippen molar-refractivity contribution in [2.45, 2.75) is 0 Å². The van der Waals surface area contributed by atoms with Gasteiger partial charge in [0.05, 0.1) is 0 Å². The minimum Gasteiger partial charge on any atom is -0.208 e. The van der Waals surface area contributed by atoms with Gasteiger partial charge in [-0.25, -0.2) is 15.0 Å². The number of fused-ring (bicyclic) bond motifs is 7. The van der Waals surface area contributed by atoms with Crippen LogP contribution in [-0.2, 0) is 0 Å². The van der Waals surface area contributed by atoms with Gasteiger partial charge in [-0.15, -0.1) is 11.3 Å². The Kier molecular flexibility index (Phi) is 8.36. The Balaban J connectivity index is 0.941. The summed E-state index contributed by atoms with van der Waals surface area (Å²) in [4.78, 5) is 15.5. The molecule has 2 aromatic heterocycles. The number of thiophene rings is 1. The molecule has 0 aliphatic heterocycles. The smallest absolute Gasteiger partial charge is 0.164 e. The van der Waals surface area contributed by atoms with E-state index >= 15 is 0 Å². The molecule has 0 aliphatic rings. The predicted octanol–water partition coefficient (Wildman–Crippen LogP) is 15.7. The van der Waals surface area contributed by atoms with Gasteiger partial charge in [0, 0.05) is 36.9 Å². The number of nitrogens with zero attached hydrogens (tertiary/aromatic N) is 3. The number of rotatable bonds is 6. The Morgan fingerprint density at radius 3 is 1.59 bits per heavy atom. The largest absolute Gasteiger partial charge is 0.208 e. The van der Waals surface area contributed by atoms with Crippen molar-refractivity contribution in [2.75, 3.05) is 0 Å². The lowest BCUT2D eigenvalue weighted by atomic mass is 9.89. The first kappa shape index (κ1) is 35.2. The highest BCUT2D eigenvalue weighted by atomic mass is 32.1. The van der Waals surface area contributed by atoms with Crippen LogP contribution in [0.1, 0.15) is 0 Å². The average Bonchev–Trinajstić information content (AvgIpc) is 3.71. The standard InChI is InChI=1S/C57H35N3S/c1-2-12-38(13-3-1)44-16-8-9-20-50(44)57-59-55(58-56(60-57)43-31-32-48-47-19-10-11-21-52(47)61-53(48)35-43)41-28-24-37(25-29-41)36-22-26-40(27-23-36)54-46-18-7-5-15-42(46)34-51-45-17-6-4-14-39(45)30-33-49(51)54/h1-35H. The molecule has 10 aromatic carbocycles. The van der Waals surface area contributed by atoms with E-state index in [-0.39, 0.29) is 0 Å². The van der Waals surface area contributed by atoms with Crippen LogP contribution in [0.25, 0.3) is 120 Å². The van der Waals surface area contributed by atoms with Crippen LogP contribution in [0.15, 0.2) is 212 Å². The maximum atomic E-state index is 5.18. The monoisotopic (exact) mass is 793 g/mol. The third kappa shape index (κ3) is 6.16. The highest BCUT2D eigenvalue weighted by molar-refractivity contribution is 7.25. The molecule has 0 amide bonds. The topological polar surface area (TPSA) is 38.7 Å². The second-order valence-corrected chi connectivity index (χ2v) is 16.6. The predicted molar refractivity (Wildman–Crippen MR) is 258 cm³/mol. The summed E-state index contributed by atoms with van der Waals surface area (Å²) in [5.74, 6) is 1.93. The van der Waals surface area contributed by atoms with E-state index in [9.17, 15) is 0 Å². The molecule has 284 valence electrons. The zero-order valence-corrected chi connectivity index (χ0v) is 33.8. The van der Waals surface area contributed by atoms with Gasteiger partial charge in [-0.1, -0.05) is 194 Å². The molecule has 3 nitrogen and oxygen atoms in total. The molecule has 2 heterocycles. The van der Waals surface area contributed by atoms with Crippen molar-refractivity contribution in [3.63, 3.8) is 0 Å². The lowest BCUT2D eigenvalue weighted by Gasteiger charge is -2.14. The van der Waals surface area contributed by atoms with Crippen molar-refractivity contribution in [1.82, 2.24) is 15.0 Å². The van der Waals surface area contributed by atoms with Crippen molar-refractivity contribution in [3.05, 3.63) is 212 Å². The molecular weight excluding hydrogens is 759 g/mol. The lowest BCUT2D eigenvalue weighted by molar-refractivity contribution is 1.07. The molecule has 12 rings (SSSR count). The van der Waals surface area contributed by atoms with Crippen molar-refractivity contribution >= 4 is 63.8 Å². The zero-order valence-electron chi connectivity index (χ0n) is 33.0. The van der Waals surface area contributed by atoms with Gasteiger partial charge in [-0.05, 0) is 83.9 Å². The molecule has 0 radical (unpaired) electrons. The van der Waals surface area contributed by atoms with E-state index in [2.05, 4.69) is 206 Å². The van der Waals surface area contributed by atoms with Gasteiger partial charge in [0.1, 0.15) is 0 Å². The van der Waals surface area contributed by atoms with E-state index in [1.54, 1.807) is 11.3 Å². The molecule has 12 aromatic rings. The fourth-order valence-electron chi connectivity index (χ4n) is 8.94. The summed E-state index contributed by atoms with van der Waals surface area (Å²) < 4.78 is 2.48. The molecule has 0 bridgehead atoms. The Morgan fingerprint density at radius 2 is 0.803 bits per heavy atom. The number of aromatic nitrogens is 3. The molecule has 0 atom stereocenters. The van der Waals surface area contributed by atoms with Crippen LogP contribution in [0.4, 0.5) is 0 Å². The number of hydrogen-bond donors (Lipinski definition) is 0. The Bertz CT molecular complexity index is 3630. The quantitative estimate of drug-likeness (QED) is 0.124. The summed E-state index contributed by atoms with van der Waals surface area (Å²) in [5, 5.41) is 10.1. The van der Waals surface area contributed by atoms with E-state index < -0.39 is 0 Å². The molecule has 0 saturated carbocycles. The lowest BCUT2D eigenvalue weighted by Crippen LogP contribution is -2.01. The van der Waals surface area contributed by atoms with Crippen molar-refractivity contribution in [3.8, 4) is 67.5 Å². The molecular formula is C57H35N3S. The van der Waals surface area contributed by atoms with Gasteiger partial charge in [-0.3, -0.25) is 0 Å². The minimum atomic E-state index is 0.636. The van der Waals surface area contributed by atoms with Gasteiger partial charge in [0.25, 0.3) is 0 Å². The first-order valence-electron chi connectivity index (χ1n) is 20.6. The second kappa shape index (κ2) is 14.5. The summed E-state index contributed by atoms with van der Waals surface area (Å²) >= 11 is 1.80. The van der Waals surface area contributed by atoms with Crippen LogP contribution in [-0.4, -0.2) is 15.0 Å². The van der Waals surface area contributed by atoms with Crippen molar-refractivity contribution in [1.29, 1.82) is 0 Å². The third-order valence-corrected chi connectivity index (χ3v) is 13.1. The summed E-state index contributed by atoms with van der Waals surface area (Å²) in [6.45, 7) is 0. The van der Waals surface area contributed by atoms with Crippen LogP contribution in [0.3, 0.4) is 0 Å². The average molecular weight is 794 g/mol. The molecule has 0 N–H and O–H groups in total. The van der Waals surface area contributed by atoms with Crippen LogP contribution >= 0.6 is 11.3 Å². The normalized spacial score (nSPS) is 11.6. The minimum absolute atomic E-state index is 0.636. The van der Waals surface area contributed by atoms with Crippen LogP contribution in [0, 0.1) is 0 Å². The van der Waals surface area contributed by atoms with E-state index in [1.807, 2.05) is 6.07 Å². The van der Waals surface area contributed by atoms with Gasteiger partial charge in [-0.2, -0.15) is 0 Å². The maximum absolute atomic E-state index is 5.18. The third-order valence-electron chi connectivity index (χ3n) is 11.9. The Labute approximate surface area is 356 Å². The number of hydrogen-bond acceptors (Lipinski definition) is 4. The van der Waals surface area contributed by atoms with Gasteiger partial charge in [0.15, 0.2) is 17.5 Å². The Hall–Kier alpha value is -7.79. The molecule has 61 heavy (non-hydrogen) atoms. The van der Waals surface area contributed by atoms with Gasteiger partial charge in [0.2, 0.25) is 0 Å². The Morgan fingerprint density at radius 1 is 0.262 bits per heavy atom. The first-order chi connectivity index (χ1) is 30.2. The highest BCUT2D eigenvalue weighted by Gasteiger charge is 2.18. The van der Waals surface area contributed by atoms with Gasteiger partial charge >= 0.3 is 0 Å². The SMILES string of the molecule is c1ccc(-c2ccccc2-c2nc(-c3ccc(-c4ccc(-c5c6ccccc6cc6c5ccc5ccccc56)cc4)cc3)nc(-c3ccc4c(c3)sc3ccccc34)n2)cc1. The summed E-state index contributed by atoms with van der Waals surface area (Å²) in [5.41, 5.74) is 9.80. The molecule has 0 spiro atoms. The van der Waals surface area contributed by atoms with Crippen LogP contribution < -0.4 is 0 Å². The van der Waals surface area contributed by atoms with E-state index in [4.69, 9.17) is 15.0 Å². The maximum Gasteiger partial charge on any atom is 0.164 e. The fourth-order valence-corrected chi connectivity index (χ4v) is 10.1. The van der Waals surface area contributed by atoms with Crippen LogP contribution in [0.2, 0.25) is 0 Å². The van der Waals surface area contributed by atoms with E-state index in [0.717, 1.165) is 38.9 Å². The molecule has 0 aliphatic carbocycles. The highest BCUT2D eigenvalue weighted by Crippen LogP contribution is 2.41. The fraction of sp³-hybridized carbons (Fsp3) is 0. The second-order valence-electron chi connectivity index (χ2n) is 15.5. The molecule has 0 unspecified atom stereocenters. The zero-order chi connectivity index (χ0) is 40.3. The molecule has 0 fully saturated rings. The van der Waals surface area contributed by atoms with Crippen molar-refractivity contribution < 1.29 is 0 Å². The number of benzene rings is 10. The van der Waals surface area contributed by atoms with Gasteiger partial charge < -0.3 is 0 Å². The van der Waals surface area contributed by atoms with E-state index in [1.165, 1.54) is 63.6 Å². The van der Waals surface area contributed by atoms with Crippen molar-refractivity contribution in [2.24, 2.45) is 0 Å². The summed E-state index contributed by atoms with van der Waals surface area (Å²) in [6, 6.07) is 75.9. The first-order valence-corrected chi connectivity index (χ1v) is 21.4. The summed E-state index contributed by atoms with van der Waals surface area (Å²) in [6.07, 6.45) is 0. The van der Waals surface area contributed by atoms with E-state index in [0.29, 0.717) is 17.5 Å². The van der Waals surface area contributed by atoms with Crippen LogP contribution in [0.5, 0.6) is 0 Å². The summed E-state index contributed by atoms with van der Waals surface area (Å²) in [7, 11) is 0. The molecule has 0 saturated heterocycles.